The summed E-state index contributed by atoms with van der Waals surface area (Å²) in [4.78, 5) is 31.4. The van der Waals surface area contributed by atoms with Crippen molar-refractivity contribution in [1.29, 1.82) is 0 Å². The Morgan fingerprint density at radius 1 is 0.946 bits per heavy atom. The van der Waals surface area contributed by atoms with Crippen LogP contribution in [-0.4, -0.2) is 37.1 Å². The van der Waals surface area contributed by atoms with Crippen molar-refractivity contribution in [3.63, 3.8) is 0 Å². The molecular weight excluding hydrogens is 496 g/mol. The summed E-state index contributed by atoms with van der Waals surface area (Å²) < 4.78 is 34.3. The predicted octanol–water partition coefficient (Wildman–Crippen LogP) is 4.39. The summed E-state index contributed by atoms with van der Waals surface area (Å²) in [5.41, 5.74) is -0.409. The highest BCUT2D eigenvalue weighted by Crippen LogP contribution is 2.35. The van der Waals surface area contributed by atoms with Crippen LogP contribution in [0.5, 0.6) is 11.6 Å². The van der Waals surface area contributed by atoms with Gasteiger partial charge in [-0.1, -0.05) is 30.3 Å². The number of ether oxygens (including phenoxy) is 1. The number of carbonyl (C=O) groups is 2. The molecule has 3 aromatic carbocycles. The van der Waals surface area contributed by atoms with E-state index in [2.05, 4.69) is 4.72 Å². The maximum atomic E-state index is 13.3. The molecule has 4 rings (SSSR count). The van der Waals surface area contributed by atoms with Gasteiger partial charge in [-0.25, -0.2) is 13.2 Å². The molecule has 1 aromatic heterocycles. The second-order valence-corrected chi connectivity index (χ2v) is 11.0. The summed E-state index contributed by atoms with van der Waals surface area (Å²) in [6.07, 6.45) is 0. The third kappa shape index (κ3) is 5.14. The zero-order valence-electron chi connectivity index (χ0n) is 20.7. The van der Waals surface area contributed by atoms with Crippen molar-refractivity contribution in [3.8, 4) is 11.6 Å². The standard InChI is InChI=1S/C27H26N2O7S/c1-27(2,3)26(32)36-29-22-16-18(28-37(33,34)20-13-11-19(35-4)12-14-20)10-15-21(22)23(25(29)31)24(30)17-8-6-5-7-9-17/h5-16,28,31H,1-4H3. The number of benzene rings is 3. The van der Waals surface area contributed by atoms with Gasteiger partial charge in [0.15, 0.2) is 5.78 Å². The van der Waals surface area contributed by atoms with Crippen LogP contribution in [0.4, 0.5) is 5.69 Å². The summed E-state index contributed by atoms with van der Waals surface area (Å²) in [7, 11) is -2.50. The number of rotatable bonds is 7. The lowest BCUT2D eigenvalue weighted by Gasteiger charge is -2.17. The number of carbonyl (C=O) groups excluding carboxylic acids is 2. The number of fused-ring (bicyclic) bond motifs is 1. The number of nitrogens with zero attached hydrogens (tertiary/aromatic N) is 1. The first-order valence-electron chi connectivity index (χ1n) is 11.3. The number of anilines is 1. The van der Waals surface area contributed by atoms with E-state index in [4.69, 9.17) is 9.57 Å². The van der Waals surface area contributed by atoms with E-state index in [0.717, 1.165) is 4.73 Å². The summed E-state index contributed by atoms with van der Waals surface area (Å²) in [6.45, 7) is 4.92. The van der Waals surface area contributed by atoms with Crippen molar-refractivity contribution in [2.24, 2.45) is 5.41 Å². The fourth-order valence-corrected chi connectivity index (χ4v) is 4.60. The van der Waals surface area contributed by atoms with Crippen molar-refractivity contribution >= 4 is 38.4 Å². The quantitative estimate of drug-likeness (QED) is 0.345. The SMILES string of the molecule is COc1ccc(S(=O)(=O)Nc2ccc3c(C(=O)c4ccccc4)c(O)n(OC(=O)C(C)(C)C)c3c2)cc1. The van der Waals surface area contributed by atoms with Crippen molar-refractivity contribution in [2.45, 2.75) is 25.7 Å². The fourth-order valence-electron chi connectivity index (χ4n) is 3.55. The number of aromatic hydroxyl groups is 1. The van der Waals surface area contributed by atoms with Gasteiger partial charge in [0.05, 0.1) is 34.2 Å². The van der Waals surface area contributed by atoms with Crippen LogP contribution in [0.3, 0.4) is 0 Å². The minimum atomic E-state index is -3.98. The normalized spacial score (nSPS) is 11.8. The van der Waals surface area contributed by atoms with Gasteiger partial charge in [-0.3, -0.25) is 9.52 Å². The average Bonchev–Trinajstić information content (AvgIpc) is 3.13. The number of sulfonamides is 1. The minimum absolute atomic E-state index is 0.00531. The van der Waals surface area contributed by atoms with Crippen LogP contribution in [0.25, 0.3) is 10.9 Å². The second kappa shape index (κ2) is 9.62. The maximum Gasteiger partial charge on any atom is 0.338 e. The number of nitrogens with one attached hydrogen (secondary N) is 1. The molecule has 37 heavy (non-hydrogen) atoms. The van der Waals surface area contributed by atoms with E-state index in [1.54, 1.807) is 51.1 Å². The first-order valence-corrected chi connectivity index (χ1v) is 12.8. The number of aromatic nitrogens is 1. The minimum Gasteiger partial charge on any atom is -0.497 e. The first-order chi connectivity index (χ1) is 17.4. The maximum absolute atomic E-state index is 13.3. The molecular formula is C27H26N2O7S. The van der Waals surface area contributed by atoms with Gasteiger partial charge in [0.2, 0.25) is 5.88 Å². The lowest BCUT2D eigenvalue weighted by Crippen LogP contribution is -2.31. The van der Waals surface area contributed by atoms with Crippen LogP contribution in [0.15, 0.2) is 77.7 Å². The van der Waals surface area contributed by atoms with Gasteiger partial charge in [-0.15, -0.1) is 4.73 Å². The predicted molar refractivity (Wildman–Crippen MR) is 138 cm³/mol. The van der Waals surface area contributed by atoms with Crippen LogP contribution in [-0.2, 0) is 14.8 Å². The molecule has 0 saturated heterocycles. The van der Waals surface area contributed by atoms with Gasteiger partial charge >= 0.3 is 5.97 Å². The van der Waals surface area contributed by atoms with E-state index < -0.39 is 33.1 Å². The van der Waals surface area contributed by atoms with E-state index >= 15 is 0 Å². The smallest absolute Gasteiger partial charge is 0.338 e. The summed E-state index contributed by atoms with van der Waals surface area (Å²) >= 11 is 0. The lowest BCUT2D eigenvalue weighted by atomic mass is 9.98. The molecule has 0 spiro atoms. The van der Waals surface area contributed by atoms with Crippen LogP contribution < -0.4 is 14.3 Å². The number of hydrogen-bond acceptors (Lipinski definition) is 7. The van der Waals surface area contributed by atoms with E-state index in [-0.39, 0.29) is 27.0 Å². The van der Waals surface area contributed by atoms with Crippen molar-refractivity contribution < 1.29 is 32.7 Å². The zero-order chi connectivity index (χ0) is 27.0. The molecule has 0 saturated carbocycles. The third-order valence-corrected chi connectivity index (χ3v) is 6.97. The lowest BCUT2D eigenvalue weighted by molar-refractivity contribution is -0.153. The molecule has 2 N–H and O–H groups in total. The molecule has 0 aliphatic carbocycles. The average molecular weight is 523 g/mol. The number of ketones is 1. The van der Waals surface area contributed by atoms with Crippen LogP contribution >= 0.6 is 0 Å². The Morgan fingerprint density at radius 2 is 1.59 bits per heavy atom. The molecule has 1 heterocycles. The summed E-state index contributed by atoms with van der Waals surface area (Å²) in [5.74, 6) is -1.22. The van der Waals surface area contributed by atoms with Gasteiger partial charge in [0, 0.05) is 10.9 Å². The number of methoxy groups -OCH3 is 1. The van der Waals surface area contributed by atoms with Crippen molar-refractivity contribution in [1.82, 2.24) is 4.73 Å². The van der Waals surface area contributed by atoms with E-state index in [1.807, 2.05) is 0 Å². The fraction of sp³-hybridized carbons (Fsp3) is 0.185. The van der Waals surface area contributed by atoms with Gasteiger partial charge in [-0.05, 0) is 63.2 Å². The highest BCUT2D eigenvalue weighted by Gasteiger charge is 2.30. The Hall–Kier alpha value is -4.31. The van der Waals surface area contributed by atoms with Crippen LogP contribution in [0.1, 0.15) is 36.7 Å². The third-order valence-electron chi connectivity index (χ3n) is 5.57. The summed E-state index contributed by atoms with van der Waals surface area (Å²) in [6, 6.07) is 18.5. The van der Waals surface area contributed by atoms with Gasteiger partial charge in [0.25, 0.3) is 10.0 Å². The Bertz CT molecular complexity index is 1580. The largest absolute Gasteiger partial charge is 0.497 e. The molecule has 0 aliphatic heterocycles. The molecule has 0 bridgehead atoms. The molecule has 4 aromatic rings. The van der Waals surface area contributed by atoms with Crippen molar-refractivity contribution in [2.75, 3.05) is 11.8 Å². The first kappa shape index (κ1) is 25.8. The van der Waals surface area contributed by atoms with E-state index in [9.17, 15) is 23.1 Å². The Kier molecular flexibility index (Phi) is 6.70. The van der Waals surface area contributed by atoms with Crippen molar-refractivity contribution in [3.05, 3.63) is 83.9 Å². The molecule has 9 nitrogen and oxygen atoms in total. The molecule has 0 unspecified atom stereocenters. The Balaban J connectivity index is 1.82. The molecule has 0 fully saturated rings. The zero-order valence-corrected chi connectivity index (χ0v) is 21.5. The molecule has 0 atom stereocenters. The monoisotopic (exact) mass is 522 g/mol. The molecule has 192 valence electrons. The molecule has 0 amide bonds. The van der Waals surface area contributed by atoms with E-state index in [0.29, 0.717) is 11.3 Å². The Morgan fingerprint density at radius 3 is 2.19 bits per heavy atom. The van der Waals surface area contributed by atoms with Gasteiger partial charge in [-0.2, -0.15) is 0 Å². The topological polar surface area (TPSA) is 124 Å². The Labute approximate surface area is 214 Å². The van der Waals surface area contributed by atoms with Crippen LogP contribution in [0, 0.1) is 5.41 Å². The van der Waals surface area contributed by atoms with Gasteiger partial charge in [0.1, 0.15) is 5.75 Å². The highest BCUT2D eigenvalue weighted by molar-refractivity contribution is 7.92. The molecule has 10 heteroatoms. The molecule has 0 aliphatic rings. The summed E-state index contributed by atoms with van der Waals surface area (Å²) in [5, 5.41) is 11.3. The van der Waals surface area contributed by atoms with Gasteiger partial charge < -0.3 is 14.7 Å². The highest BCUT2D eigenvalue weighted by atomic mass is 32.2. The second-order valence-electron chi connectivity index (χ2n) is 9.33. The number of hydrogen-bond donors (Lipinski definition) is 2. The van der Waals surface area contributed by atoms with Crippen LogP contribution in [0.2, 0.25) is 0 Å². The van der Waals surface area contributed by atoms with E-state index in [1.165, 1.54) is 49.6 Å². The molecule has 0 radical (unpaired) electrons.